The van der Waals surface area contributed by atoms with Crippen molar-refractivity contribution in [2.75, 3.05) is 13.2 Å². The normalized spacial score (nSPS) is 23.4. The molecule has 0 bridgehead atoms. The Kier molecular flexibility index (Phi) is 9.54. The molecule has 1 heterocycles. The van der Waals surface area contributed by atoms with Crippen LogP contribution in [0.25, 0.3) is 0 Å². The summed E-state index contributed by atoms with van der Waals surface area (Å²) in [4.78, 5) is 0. The zero-order valence-electron chi connectivity index (χ0n) is 13.4. The fourth-order valence-corrected chi connectivity index (χ4v) is 2.94. The molecule has 2 nitrogen and oxygen atoms in total. The molecule has 2 heteroatoms. The summed E-state index contributed by atoms with van der Waals surface area (Å²) in [6, 6.07) is 0.597. The van der Waals surface area contributed by atoms with Crippen molar-refractivity contribution < 1.29 is 4.74 Å². The van der Waals surface area contributed by atoms with Gasteiger partial charge in [0, 0.05) is 19.2 Å². The summed E-state index contributed by atoms with van der Waals surface area (Å²) < 4.78 is 5.90. The largest absolute Gasteiger partial charge is 0.378 e. The van der Waals surface area contributed by atoms with Crippen LogP contribution in [0.3, 0.4) is 0 Å². The maximum atomic E-state index is 5.90. The van der Waals surface area contributed by atoms with Crippen LogP contribution in [0.4, 0.5) is 0 Å². The van der Waals surface area contributed by atoms with E-state index in [1.807, 2.05) is 0 Å². The van der Waals surface area contributed by atoms with Crippen molar-refractivity contribution in [1.29, 1.82) is 0 Å². The van der Waals surface area contributed by atoms with Crippen molar-refractivity contribution >= 4 is 0 Å². The van der Waals surface area contributed by atoms with Gasteiger partial charge in [-0.1, -0.05) is 65.7 Å². The smallest absolute Gasteiger partial charge is 0.0616 e. The van der Waals surface area contributed by atoms with E-state index in [1.165, 1.54) is 57.8 Å². The SMILES string of the molecule is CCCCCCCCCC1OCCC1CNC(C)C. The molecule has 1 saturated heterocycles. The lowest BCUT2D eigenvalue weighted by molar-refractivity contribution is 0.0805. The van der Waals surface area contributed by atoms with Crippen LogP contribution in [0, 0.1) is 5.92 Å². The first-order chi connectivity index (χ1) is 9.24. The highest BCUT2D eigenvalue weighted by molar-refractivity contribution is 4.78. The van der Waals surface area contributed by atoms with Crippen LogP contribution < -0.4 is 5.32 Å². The van der Waals surface area contributed by atoms with E-state index in [-0.39, 0.29) is 0 Å². The fourth-order valence-electron chi connectivity index (χ4n) is 2.94. The minimum Gasteiger partial charge on any atom is -0.378 e. The number of unbranched alkanes of at least 4 members (excludes halogenated alkanes) is 6. The predicted octanol–water partition coefficient (Wildman–Crippen LogP) is 4.53. The second-order valence-corrected chi connectivity index (χ2v) is 6.43. The predicted molar refractivity (Wildman–Crippen MR) is 83.6 cm³/mol. The van der Waals surface area contributed by atoms with Gasteiger partial charge in [-0.25, -0.2) is 0 Å². The highest BCUT2D eigenvalue weighted by atomic mass is 16.5. The lowest BCUT2D eigenvalue weighted by Gasteiger charge is -2.20. The molecule has 0 aliphatic carbocycles. The minimum atomic E-state index is 0.530. The van der Waals surface area contributed by atoms with Gasteiger partial charge in [-0.2, -0.15) is 0 Å². The lowest BCUT2D eigenvalue weighted by Crippen LogP contribution is -2.32. The summed E-state index contributed by atoms with van der Waals surface area (Å²) in [6.07, 6.45) is 12.8. The van der Waals surface area contributed by atoms with Gasteiger partial charge in [-0.15, -0.1) is 0 Å². The maximum Gasteiger partial charge on any atom is 0.0616 e. The van der Waals surface area contributed by atoms with Crippen LogP contribution in [0.5, 0.6) is 0 Å². The summed E-state index contributed by atoms with van der Waals surface area (Å²) in [7, 11) is 0. The van der Waals surface area contributed by atoms with Gasteiger partial charge >= 0.3 is 0 Å². The van der Waals surface area contributed by atoms with E-state index in [0.717, 1.165) is 19.1 Å². The Hall–Kier alpha value is -0.0800. The molecule has 0 saturated carbocycles. The van der Waals surface area contributed by atoms with Crippen molar-refractivity contribution in [3.8, 4) is 0 Å². The van der Waals surface area contributed by atoms with Crippen molar-refractivity contribution in [3.05, 3.63) is 0 Å². The Balaban J connectivity index is 2.01. The highest BCUT2D eigenvalue weighted by Crippen LogP contribution is 2.25. The molecule has 1 rings (SSSR count). The first kappa shape index (κ1) is 17.0. The second kappa shape index (κ2) is 10.7. The van der Waals surface area contributed by atoms with Crippen LogP contribution in [-0.4, -0.2) is 25.3 Å². The molecule has 0 aromatic rings. The van der Waals surface area contributed by atoms with Gasteiger partial charge in [0.25, 0.3) is 0 Å². The van der Waals surface area contributed by atoms with Crippen molar-refractivity contribution in [3.63, 3.8) is 0 Å². The molecular weight excluding hydrogens is 234 g/mol. The Morgan fingerprint density at radius 1 is 1.05 bits per heavy atom. The van der Waals surface area contributed by atoms with E-state index < -0.39 is 0 Å². The molecule has 1 N–H and O–H groups in total. The van der Waals surface area contributed by atoms with Crippen LogP contribution in [0.2, 0.25) is 0 Å². The second-order valence-electron chi connectivity index (χ2n) is 6.43. The Labute approximate surface area is 120 Å². The third-order valence-electron chi connectivity index (χ3n) is 4.23. The summed E-state index contributed by atoms with van der Waals surface area (Å²) in [6.45, 7) is 8.84. The average Bonchev–Trinajstić information content (AvgIpc) is 2.83. The molecule has 114 valence electrons. The first-order valence-corrected chi connectivity index (χ1v) is 8.59. The Morgan fingerprint density at radius 3 is 2.42 bits per heavy atom. The minimum absolute atomic E-state index is 0.530. The monoisotopic (exact) mass is 269 g/mol. The van der Waals surface area contributed by atoms with Crippen LogP contribution >= 0.6 is 0 Å². The van der Waals surface area contributed by atoms with Gasteiger partial charge in [0.1, 0.15) is 0 Å². The molecule has 0 aromatic carbocycles. The van der Waals surface area contributed by atoms with Gasteiger partial charge in [0.05, 0.1) is 6.10 Å². The van der Waals surface area contributed by atoms with E-state index in [0.29, 0.717) is 12.1 Å². The highest BCUT2D eigenvalue weighted by Gasteiger charge is 2.27. The zero-order valence-corrected chi connectivity index (χ0v) is 13.4. The number of ether oxygens (including phenoxy) is 1. The van der Waals surface area contributed by atoms with E-state index in [4.69, 9.17) is 4.74 Å². The fraction of sp³-hybridized carbons (Fsp3) is 1.00. The summed E-state index contributed by atoms with van der Waals surface area (Å²) >= 11 is 0. The lowest BCUT2D eigenvalue weighted by atomic mass is 9.96. The molecule has 19 heavy (non-hydrogen) atoms. The van der Waals surface area contributed by atoms with Crippen molar-refractivity contribution in [1.82, 2.24) is 5.32 Å². The Morgan fingerprint density at radius 2 is 1.74 bits per heavy atom. The molecule has 0 spiro atoms. The van der Waals surface area contributed by atoms with Crippen LogP contribution in [-0.2, 0) is 4.74 Å². The molecule has 1 aliphatic heterocycles. The number of nitrogens with one attached hydrogen (secondary N) is 1. The summed E-state index contributed by atoms with van der Waals surface area (Å²) in [5.74, 6) is 0.752. The third-order valence-corrected chi connectivity index (χ3v) is 4.23. The topological polar surface area (TPSA) is 21.3 Å². The van der Waals surface area contributed by atoms with Gasteiger partial charge in [0.15, 0.2) is 0 Å². The number of rotatable bonds is 11. The number of hydrogen-bond acceptors (Lipinski definition) is 2. The molecule has 2 atom stereocenters. The first-order valence-electron chi connectivity index (χ1n) is 8.59. The van der Waals surface area contributed by atoms with Gasteiger partial charge in [-0.05, 0) is 18.8 Å². The molecule has 0 radical (unpaired) electrons. The van der Waals surface area contributed by atoms with E-state index in [9.17, 15) is 0 Å². The molecule has 1 aliphatic rings. The molecule has 0 amide bonds. The van der Waals surface area contributed by atoms with Crippen molar-refractivity contribution in [2.45, 2.75) is 90.7 Å². The molecule has 0 aromatic heterocycles. The van der Waals surface area contributed by atoms with E-state index >= 15 is 0 Å². The molecule has 2 unspecified atom stereocenters. The standard InChI is InChI=1S/C17H35NO/c1-4-5-6-7-8-9-10-11-17-16(12-13-19-17)14-18-15(2)3/h15-18H,4-14H2,1-3H3. The maximum absolute atomic E-state index is 5.90. The summed E-state index contributed by atoms with van der Waals surface area (Å²) in [5, 5.41) is 3.56. The van der Waals surface area contributed by atoms with Crippen molar-refractivity contribution in [2.24, 2.45) is 5.92 Å². The zero-order chi connectivity index (χ0) is 13.9. The summed E-state index contributed by atoms with van der Waals surface area (Å²) in [5.41, 5.74) is 0. The van der Waals surface area contributed by atoms with Crippen LogP contribution in [0.1, 0.15) is 78.6 Å². The molecular formula is C17H35NO. The molecule has 1 fully saturated rings. The van der Waals surface area contributed by atoms with Gasteiger partial charge in [-0.3, -0.25) is 0 Å². The van der Waals surface area contributed by atoms with Gasteiger partial charge < -0.3 is 10.1 Å². The average molecular weight is 269 g/mol. The number of hydrogen-bond donors (Lipinski definition) is 1. The van der Waals surface area contributed by atoms with Crippen LogP contribution in [0.15, 0.2) is 0 Å². The third kappa shape index (κ3) is 7.94. The van der Waals surface area contributed by atoms with Gasteiger partial charge in [0.2, 0.25) is 0 Å². The van der Waals surface area contributed by atoms with E-state index in [2.05, 4.69) is 26.1 Å². The van der Waals surface area contributed by atoms with E-state index in [1.54, 1.807) is 0 Å². The Bertz CT molecular complexity index is 205. The quantitative estimate of drug-likeness (QED) is 0.556.